The highest BCUT2D eigenvalue weighted by Crippen LogP contribution is 2.12. The van der Waals surface area contributed by atoms with E-state index in [4.69, 9.17) is 5.21 Å². The SMILES string of the molecule is O/N=C\c1cnnc2ccccc12. The van der Waals surface area contributed by atoms with Crippen LogP contribution < -0.4 is 0 Å². The highest BCUT2D eigenvalue weighted by molar-refractivity contribution is 5.97. The zero-order valence-corrected chi connectivity index (χ0v) is 6.75. The summed E-state index contributed by atoms with van der Waals surface area (Å²) >= 11 is 0. The van der Waals surface area contributed by atoms with Crippen LogP contribution in [-0.2, 0) is 0 Å². The Morgan fingerprint density at radius 2 is 2.15 bits per heavy atom. The van der Waals surface area contributed by atoms with Gasteiger partial charge >= 0.3 is 0 Å². The van der Waals surface area contributed by atoms with Crippen LogP contribution in [0, 0.1) is 0 Å². The van der Waals surface area contributed by atoms with Gasteiger partial charge in [0.1, 0.15) is 0 Å². The molecular formula is C9H7N3O. The summed E-state index contributed by atoms with van der Waals surface area (Å²) in [5.74, 6) is 0. The Kier molecular flexibility index (Phi) is 1.88. The van der Waals surface area contributed by atoms with Crippen LogP contribution >= 0.6 is 0 Å². The molecule has 0 unspecified atom stereocenters. The van der Waals surface area contributed by atoms with E-state index in [0.717, 1.165) is 16.5 Å². The third-order valence-electron chi connectivity index (χ3n) is 1.77. The maximum absolute atomic E-state index is 8.40. The van der Waals surface area contributed by atoms with Crippen LogP contribution in [0.4, 0.5) is 0 Å². The standard InChI is InChI=1S/C9H7N3O/c13-11-6-7-5-10-12-9-4-2-1-3-8(7)9/h1-6,13H/b11-6-. The first-order chi connectivity index (χ1) is 6.42. The van der Waals surface area contributed by atoms with E-state index < -0.39 is 0 Å². The van der Waals surface area contributed by atoms with Gasteiger partial charge in [-0.05, 0) is 6.07 Å². The van der Waals surface area contributed by atoms with Crippen molar-refractivity contribution < 1.29 is 5.21 Å². The molecular weight excluding hydrogens is 166 g/mol. The number of hydrogen-bond acceptors (Lipinski definition) is 4. The monoisotopic (exact) mass is 173 g/mol. The molecule has 0 bridgehead atoms. The Bertz CT molecular complexity index is 448. The first kappa shape index (κ1) is 7.67. The van der Waals surface area contributed by atoms with Crippen LogP contribution in [0.5, 0.6) is 0 Å². The predicted molar refractivity (Wildman–Crippen MR) is 48.9 cm³/mol. The maximum Gasteiger partial charge on any atom is 0.0936 e. The molecule has 0 radical (unpaired) electrons. The molecule has 2 aromatic rings. The molecule has 1 N–H and O–H groups in total. The summed E-state index contributed by atoms with van der Waals surface area (Å²) in [6, 6.07) is 7.55. The van der Waals surface area contributed by atoms with Crippen molar-refractivity contribution in [1.29, 1.82) is 0 Å². The van der Waals surface area contributed by atoms with Crippen molar-refractivity contribution >= 4 is 17.1 Å². The summed E-state index contributed by atoms with van der Waals surface area (Å²) in [5.41, 5.74) is 1.55. The molecule has 0 aliphatic heterocycles. The zero-order chi connectivity index (χ0) is 9.10. The van der Waals surface area contributed by atoms with E-state index in [2.05, 4.69) is 15.4 Å². The van der Waals surface area contributed by atoms with Crippen molar-refractivity contribution in [2.75, 3.05) is 0 Å². The fourth-order valence-corrected chi connectivity index (χ4v) is 1.19. The lowest BCUT2D eigenvalue weighted by Crippen LogP contribution is -1.89. The van der Waals surface area contributed by atoms with Gasteiger partial charge < -0.3 is 5.21 Å². The Morgan fingerprint density at radius 3 is 3.00 bits per heavy atom. The second kappa shape index (κ2) is 3.18. The topological polar surface area (TPSA) is 58.4 Å². The fourth-order valence-electron chi connectivity index (χ4n) is 1.19. The maximum atomic E-state index is 8.40. The normalized spacial score (nSPS) is 11.1. The molecule has 4 heteroatoms. The van der Waals surface area contributed by atoms with Gasteiger partial charge in [-0.15, -0.1) is 0 Å². The van der Waals surface area contributed by atoms with Crippen LogP contribution in [0.2, 0.25) is 0 Å². The van der Waals surface area contributed by atoms with Crippen molar-refractivity contribution in [2.45, 2.75) is 0 Å². The van der Waals surface area contributed by atoms with Gasteiger partial charge in [0.15, 0.2) is 0 Å². The largest absolute Gasteiger partial charge is 0.411 e. The first-order valence-electron chi connectivity index (χ1n) is 3.79. The van der Waals surface area contributed by atoms with Gasteiger partial charge in [0.05, 0.1) is 17.9 Å². The Labute approximate surface area is 74.5 Å². The van der Waals surface area contributed by atoms with Crippen LogP contribution in [0.15, 0.2) is 35.6 Å². The molecule has 4 nitrogen and oxygen atoms in total. The highest BCUT2D eigenvalue weighted by atomic mass is 16.4. The molecule has 64 valence electrons. The molecule has 0 atom stereocenters. The Balaban J connectivity index is 2.75. The van der Waals surface area contributed by atoms with E-state index in [1.54, 1.807) is 6.20 Å². The molecule has 0 fully saturated rings. The minimum Gasteiger partial charge on any atom is -0.411 e. The highest BCUT2D eigenvalue weighted by Gasteiger charge is 1.98. The first-order valence-corrected chi connectivity index (χ1v) is 3.79. The second-order valence-corrected chi connectivity index (χ2v) is 2.56. The number of benzene rings is 1. The van der Waals surface area contributed by atoms with E-state index >= 15 is 0 Å². The van der Waals surface area contributed by atoms with Crippen LogP contribution in [0.25, 0.3) is 10.9 Å². The molecule has 0 amide bonds. The molecule has 2 rings (SSSR count). The zero-order valence-electron chi connectivity index (χ0n) is 6.75. The summed E-state index contributed by atoms with van der Waals surface area (Å²) in [6.45, 7) is 0. The van der Waals surface area contributed by atoms with Gasteiger partial charge in [-0.25, -0.2) is 0 Å². The van der Waals surface area contributed by atoms with Crippen LogP contribution in [0.1, 0.15) is 5.56 Å². The van der Waals surface area contributed by atoms with Crippen molar-refractivity contribution in [3.63, 3.8) is 0 Å². The summed E-state index contributed by atoms with van der Waals surface area (Å²) in [7, 11) is 0. The number of nitrogens with zero attached hydrogens (tertiary/aromatic N) is 3. The van der Waals surface area contributed by atoms with Crippen molar-refractivity contribution in [3.05, 3.63) is 36.0 Å². The van der Waals surface area contributed by atoms with E-state index in [-0.39, 0.29) is 0 Å². The summed E-state index contributed by atoms with van der Waals surface area (Å²) in [5, 5.41) is 20.0. The van der Waals surface area contributed by atoms with Gasteiger partial charge in [0.25, 0.3) is 0 Å². The van der Waals surface area contributed by atoms with Gasteiger partial charge in [0.2, 0.25) is 0 Å². The van der Waals surface area contributed by atoms with Gasteiger partial charge in [0, 0.05) is 10.9 Å². The lowest BCUT2D eigenvalue weighted by atomic mass is 10.1. The molecule has 0 saturated heterocycles. The number of hydrogen-bond donors (Lipinski definition) is 1. The summed E-state index contributed by atoms with van der Waals surface area (Å²) in [4.78, 5) is 0. The number of aromatic nitrogens is 2. The molecule has 13 heavy (non-hydrogen) atoms. The van der Waals surface area contributed by atoms with E-state index in [9.17, 15) is 0 Å². The predicted octanol–water partition coefficient (Wildman–Crippen LogP) is 1.44. The third kappa shape index (κ3) is 1.33. The smallest absolute Gasteiger partial charge is 0.0936 e. The van der Waals surface area contributed by atoms with Crippen molar-refractivity contribution in [1.82, 2.24) is 10.2 Å². The average molecular weight is 173 g/mol. The summed E-state index contributed by atoms with van der Waals surface area (Å²) in [6.07, 6.45) is 2.90. The van der Waals surface area contributed by atoms with Crippen LogP contribution in [0.3, 0.4) is 0 Å². The van der Waals surface area contributed by atoms with Gasteiger partial charge in [-0.3, -0.25) is 0 Å². The molecule has 0 saturated carbocycles. The Hall–Kier alpha value is -1.97. The second-order valence-electron chi connectivity index (χ2n) is 2.56. The van der Waals surface area contributed by atoms with Gasteiger partial charge in [-0.2, -0.15) is 10.2 Å². The lowest BCUT2D eigenvalue weighted by molar-refractivity contribution is 0.322. The van der Waals surface area contributed by atoms with E-state index in [1.165, 1.54) is 6.21 Å². The van der Waals surface area contributed by atoms with E-state index in [1.807, 2.05) is 24.3 Å². The molecule has 1 aromatic heterocycles. The molecule has 0 spiro atoms. The molecule has 1 aromatic carbocycles. The van der Waals surface area contributed by atoms with Gasteiger partial charge in [-0.1, -0.05) is 23.4 Å². The lowest BCUT2D eigenvalue weighted by Gasteiger charge is -1.97. The van der Waals surface area contributed by atoms with Crippen molar-refractivity contribution in [3.8, 4) is 0 Å². The summed E-state index contributed by atoms with van der Waals surface area (Å²) < 4.78 is 0. The number of fused-ring (bicyclic) bond motifs is 1. The van der Waals surface area contributed by atoms with Crippen LogP contribution in [-0.4, -0.2) is 21.6 Å². The fraction of sp³-hybridized carbons (Fsp3) is 0. The molecule has 1 heterocycles. The minimum absolute atomic E-state index is 0.758. The van der Waals surface area contributed by atoms with E-state index in [0.29, 0.717) is 0 Å². The quantitative estimate of drug-likeness (QED) is 0.403. The Morgan fingerprint density at radius 1 is 1.31 bits per heavy atom. The minimum atomic E-state index is 0.758. The van der Waals surface area contributed by atoms with Crippen molar-refractivity contribution in [2.24, 2.45) is 5.16 Å². The molecule has 0 aliphatic rings. The third-order valence-corrected chi connectivity index (χ3v) is 1.77. The number of rotatable bonds is 1. The number of oxime groups is 1. The average Bonchev–Trinajstić information content (AvgIpc) is 2.19. The molecule has 0 aliphatic carbocycles.